The van der Waals surface area contributed by atoms with Gasteiger partial charge in [0.2, 0.25) is 0 Å². The molecule has 3 aliphatic heterocycles. The van der Waals surface area contributed by atoms with Gasteiger partial charge < -0.3 is 24.1 Å². The number of halogens is 1. The van der Waals surface area contributed by atoms with E-state index in [-0.39, 0.29) is 59.5 Å². The Morgan fingerprint density at radius 2 is 1.82 bits per heavy atom. The summed E-state index contributed by atoms with van der Waals surface area (Å²) in [5.41, 5.74) is 5.52. The van der Waals surface area contributed by atoms with Crippen molar-refractivity contribution in [1.29, 1.82) is 0 Å². The van der Waals surface area contributed by atoms with E-state index >= 15 is 0 Å². The third-order valence-corrected chi connectivity index (χ3v) is 8.22. The molecule has 9 heteroatoms. The van der Waals surface area contributed by atoms with Crippen molar-refractivity contribution in [1.82, 2.24) is 9.55 Å². The number of hydrogen-bond donors (Lipinski definition) is 0. The maximum atomic E-state index is 14.4. The van der Waals surface area contributed by atoms with Gasteiger partial charge in [0, 0.05) is 54.1 Å². The van der Waals surface area contributed by atoms with Crippen molar-refractivity contribution >= 4 is 17.0 Å². The van der Waals surface area contributed by atoms with Crippen molar-refractivity contribution in [2.45, 2.75) is 43.4 Å². The first kappa shape index (κ1) is 27.3. The van der Waals surface area contributed by atoms with Crippen LogP contribution >= 0.6 is 0 Å². The van der Waals surface area contributed by atoms with Crippen LogP contribution in [-0.2, 0) is 16.0 Å². The normalized spacial score (nSPS) is 19.9. The van der Waals surface area contributed by atoms with E-state index in [2.05, 4.69) is 10.6 Å². The minimum Gasteiger partial charge on any atom is -0.550 e. The van der Waals surface area contributed by atoms with E-state index < -0.39 is 5.97 Å². The number of para-hydroxylation sites is 1. The smallest absolute Gasteiger partial charge is 0.550 e. The third kappa shape index (κ3) is 4.91. The zero-order chi connectivity index (χ0) is 26.5. The number of carbonyl (C=O) groups is 1. The molecule has 0 radical (unpaired) electrons. The van der Waals surface area contributed by atoms with E-state index in [9.17, 15) is 14.3 Å². The van der Waals surface area contributed by atoms with Crippen LogP contribution in [0.25, 0.3) is 16.7 Å². The Kier molecular flexibility index (Phi) is 7.61. The summed E-state index contributed by atoms with van der Waals surface area (Å²) >= 11 is 0. The van der Waals surface area contributed by atoms with Gasteiger partial charge >= 0.3 is 29.6 Å². The van der Waals surface area contributed by atoms with Gasteiger partial charge in [-0.05, 0) is 55.5 Å². The molecule has 2 atom stereocenters. The van der Waals surface area contributed by atoms with Crippen LogP contribution in [0.15, 0.2) is 54.6 Å². The van der Waals surface area contributed by atoms with E-state index in [1.807, 2.05) is 30.3 Å². The number of hydrogen-bond acceptors (Lipinski definition) is 6. The van der Waals surface area contributed by atoms with Gasteiger partial charge in [0.1, 0.15) is 23.1 Å². The second kappa shape index (κ2) is 11.2. The molecule has 0 aliphatic carbocycles. The van der Waals surface area contributed by atoms with Crippen LogP contribution < -0.4 is 44.1 Å². The van der Waals surface area contributed by atoms with Crippen LogP contribution in [0.3, 0.4) is 0 Å². The molecule has 0 spiro atoms. The fourth-order valence-electron chi connectivity index (χ4n) is 6.29. The monoisotopic (exact) mass is 550 g/mol. The fourth-order valence-corrected chi connectivity index (χ4v) is 6.29. The number of benzene rings is 3. The fraction of sp³-hybridized carbons (Fsp3) is 0.355. The third-order valence-electron chi connectivity index (χ3n) is 8.22. The quantitative estimate of drug-likeness (QED) is 0.338. The molecular formula is C31H28FN2NaO5. The number of carboxylic acids is 1. The molecule has 1 fully saturated rings. The molecule has 4 aromatic rings. The Morgan fingerprint density at radius 3 is 2.65 bits per heavy atom. The summed E-state index contributed by atoms with van der Waals surface area (Å²) in [4.78, 5) is 16.0. The Hall–Kier alpha value is -2.91. The summed E-state index contributed by atoms with van der Waals surface area (Å²) in [6.07, 6.45) is 2.45. The van der Waals surface area contributed by atoms with Gasteiger partial charge in [-0.15, -0.1) is 0 Å². The van der Waals surface area contributed by atoms with E-state index in [4.69, 9.17) is 19.2 Å². The maximum Gasteiger partial charge on any atom is 1.00 e. The zero-order valence-corrected chi connectivity index (χ0v) is 24.4. The number of imidazole rings is 1. The van der Waals surface area contributed by atoms with Gasteiger partial charge in [-0.3, -0.25) is 4.57 Å². The van der Waals surface area contributed by atoms with Gasteiger partial charge in [0.05, 0.1) is 29.9 Å². The van der Waals surface area contributed by atoms with Crippen molar-refractivity contribution in [3.8, 4) is 17.2 Å². The molecule has 7 rings (SSSR count). The first-order valence-corrected chi connectivity index (χ1v) is 13.5. The Morgan fingerprint density at radius 1 is 1.00 bits per heavy atom. The minimum absolute atomic E-state index is 0. The average Bonchev–Trinajstić information content (AvgIpc) is 3.64. The summed E-state index contributed by atoms with van der Waals surface area (Å²) in [6.45, 7) is 2.27. The van der Waals surface area contributed by atoms with Crippen molar-refractivity contribution in [3.63, 3.8) is 0 Å². The molecule has 3 aromatic carbocycles. The number of aliphatic carboxylic acids is 1. The van der Waals surface area contributed by atoms with Crippen molar-refractivity contribution in [2.75, 3.05) is 26.4 Å². The SMILES string of the molecule is O=C([O-])C[C@@H]1COc2cc(C[C@@H]3COc4c3cccc4-n3c(C4CCOCC4)nc4ccc(F)cc43)ccc21.[Na+]. The Bertz CT molecular complexity index is 1580. The second-order valence-corrected chi connectivity index (χ2v) is 10.7. The van der Waals surface area contributed by atoms with Crippen LogP contribution in [0, 0.1) is 5.82 Å². The van der Waals surface area contributed by atoms with E-state index in [1.165, 1.54) is 6.07 Å². The van der Waals surface area contributed by atoms with E-state index in [0.29, 0.717) is 26.4 Å². The molecular weight excluding hydrogens is 522 g/mol. The molecule has 0 saturated carbocycles. The predicted molar refractivity (Wildman–Crippen MR) is 140 cm³/mol. The summed E-state index contributed by atoms with van der Waals surface area (Å²) in [5.74, 6) is 1.30. The molecule has 4 heterocycles. The zero-order valence-electron chi connectivity index (χ0n) is 22.4. The number of carboxylic acid groups (broad SMARTS) is 1. The van der Waals surface area contributed by atoms with Crippen LogP contribution in [-0.4, -0.2) is 41.9 Å². The largest absolute Gasteiger partial charge is 1.00 e. The summed E-state index contributed by atoms with van der Waals surface area (Å²) in [5, 5.41) is 11.1. The van der Waals surface area contributed by atoms with Crippen molar-refractivity contribution < 1.29 is 58.1 Å². The molecule has 0 bridgehead atoms. The van der Waals surface area contributed by atoms with E-state index in [1.54, 1.807) is 12.1 Å². The second-order valence-electron chi connectivity index (χ2n) is 10.7. The number of carbonyl (C=O) groups excluding carboxylic acids is 1. The number of rotatable bonds is 6. The van der Waals surface area contributed by atoms with Gasteiger partial charge in [-0.25, -0.2) is 9.37 Å². The Labute approximate surface area is 253 Å². The number of nitrogens with zero attached hydrogens (tertiary/aromatic N) is 2. The van der Waals surface area contributed by atoms with Crippen molar-refractivity contribution in [2.24, 2.45) is 0 Å². The molecule has 0 unspecified atom stereocenters. The topological polar surface area (TPSA) is 85.6 Å². The van der Waals surface area contributed by atoms with Gasteiger partial charge in [-0.2, -0.15) is 0 Å². The molecule has 200 valence electrons. The Balaban J connectivity index is 0.00000289. The van der Waals surface area contributed by atoms with Gasteiger partial charge in [-0.1, -0.05) is 24.3 Å². The molecule has 7 nitrogen and oxygen atoms in total. The van der Waals surface area contributed by atoms with Crippen LogP contribution in [0.4, 0.5) is 4.39 Å². The van der Waals surface area contributed by atoms with Crippen LogP contribution in [0.1, 0.15) is 59.5 Å². The summed E-state index contributed by atoms with van der Waals surface area (Å²) in [6, 6.07) is 16.9. The van der Waals surface area contributed by atoms with Crippen LogP contribution in [0.5, 0.6) is 11.5 Å². The maximum absolute atomic E-state index is 14.4. The molecule has 1 saturated heterocycles. The first-order valence-electron chi connectivity index (χ1n) is 13.5. The summed E-state index contributed by atoms with van der Waals surface area (Å²) < 4.78 is 34.2. The summed E-state index contributed by atoms with van der Waals surface area (Å²) in [7, 11) is 0. The minimum atomic E-state index is -1.07. The van der Waals surface area contributed by atoms with E-state index in [0.717, 1.165) is 70.0 Å². The molecule has 1 aromatic heterocycles. The first-order chi connectivity index (χ1) is 19.0. The molecule has 0 amide bonds. The molecule has 3 aliphatic rings. The molecule has 0 N–H and O–H groups in total. The number of fused-ring (bicyclic) bond motifs is 3. The van der Waals surface area contributed by atoms with Gasteiger partial charge in [0.25, 0.3) is 0 Å². The number of aromatic nitrogens is 2. The van der Waals surface area contributed by atoms with Gasteiger partial charge in [0.15, 0.2) is 0 Å². The standard InChI is InChI=1S/C31H29FN2O5.Na/c32-22-5-7-25-27(15-22)34(31(33-25)19-8-10-37-11-9-19)26-3-1-2-24-20(17-39-30(24)26)12-18-4-6-23-21(14-29(35)36)16-38-28(23)13-18;/h1-7,13,15,19-21H,8-12,14,16-17H2,(H,35,36);/q;+1/p-1/t20-,21-;/m1./s1. The predicted octanol–water partition coefficient (Wildman–Crippen LogP) is 1.40. The number of ether oxygens (including phenoxy) is 3. The molecule has 40 heavy (non-hydrogen) atoms. The van der Waals surface area contributed by atoms with Crippen molar-refractivity contribution in [3.05, 3.63) is 82.9 Å². The average molecular weight is 551 g/mol. The van der Waals surface area contributed by atoms with Crippen LogP contribution in [0.2, 0.25) is 0 Å².